The van der Waals surface area contributed by atoms with Crippen LogP contribution in [-0.4, -0.2) is 36.1 Å². The van der Waals surface area contributed by atoms with E-state index in [-0.39, 0.29) is 43.0 Å². The Morgan fingerprint density at radius 1 is 1.26 bits per heavy atom. The fourth-order valence-electron chi connectivity index (χ4n) is 1.85. The van der Waals surface area contributed by atoms with E-state index in [0.29, 0.717) is 12.5 Å². The first kappa shape index (κ1) is 19.0. The molecule has 0 aromatic heterocycles. The van der Waals surface area contributed by atoms with Gasteiger partial charge in [0, 0.05) is 31.7 Å². The van der Waals surface area contributed by atoms with E-state index < -0.39 is 17.5 Å². The number of carbonyl (C=O) groups is 2. The summed E-state index contributed by atoms with van der Waals surface area (Å²) in [7, 11) is 0. The van der Waals surface area contributed by atoms with Gasteiger partial charge in [-0.05, 0) is 31.4 Å². The van der Waals surface area contributed by atoms with Gasteiger partial charge >= 0.3 is 0 Å². The minimum atomic E-state index is -0.924. The van der Waals surface area contributed by atoms with Gasteiger partial charge in [-0.15, -0.1) is 0 Å². The third-order valence-corrected chi connectivity index (χ3v) is 3.57. The highest BCUT2D eigenvalue weighted by atomic mass is 19.1. The van der Waals surface area contributed by atoms with Crippen LogP contribution in [0.5, 0.6) is 0 Å². The Bertz CT molecular complexity index is 552. The Balaban J connectivity index is 2.31. The van der Waals surface area contributed by atoms with E-state index in [1.54, 1.807) is 6.92 Å². The lowest BCUT2D eigenvalue weighted by Gasteiger charge is -2.19. The van der Waals surface area contributed by atoms with Gasteiger partial charge in [0.05, 0.1) is 5.56 Å². The Morgan fingerprint density at radius 3 is 2.57 bits per heavy atom. The van der Waals surface area contributed by atoms with Crippen molar-refractivity contribution in [1.29, 1.82) is 0 Å². The number of rotatable bonds is 8. The maximum absolute atomic E-state index is 13.4. The molecule has 0 aliphatic rings. The van der Waals surface area contributed by atoms with Crippen molar-refractivity contribution in [2.75, 3.05) is 13.2 Å². The highest BCUT2D eigenvalue weighted by molar-refractivity contribution is 5.94. The van der Waals surface area contributed by atoms with Crippen LogP contribution in [0.1, 0.15) is 37.0 Å². The SMILES string of the molecule is CC(CO)C(C)NC(=O)CCCNC(=O)c1ccc(F)cc1F. The van der Waals surface area contributed by atoms with Gasteiger partial charge in [-0.3, -0.25) is 9.59 Å². The van der Waals surface area contributed by atoms with Crippen molar-refractivity contribution in [1.82, 2.24) is 10.6 Å². The molecule has 1 aromatic carbocycles. The minimum absolute atomic E-state index is 0.0132. The summed E-state index contributed by atoms with van der Waals surface area (Å²) in [6, 6.07) is 2.58. The number of amides is 2. The second kappa shape index (κ2) is 9.19. The number of benzene rings is 1. The zero-order chi connectivity index (χ0) is 17.4. The van der Waals surface area contributed by atoms with Gasteiger partial charge in [0.1, 0.15) is 11.6 Å². The monoisotopic (exact) mass is 328 g/mol. The molecule has 5 nitrogen and oxygen atoms in total. The van der Waals surface area contributed by atoms with Crippen LogP contribution in [0, 0.1) is 17.6 Å². The summed E-state index contributed by atoms with van der Waals surface area (Å²) in [5.74, 6) is -2.54. The average molecular weight is 328 g/mol. The lowest BCUT2D eigenvalue weighted by atomic mass is 10.1. The first-order valence-electron chi connectivity index (χ1n) is 7.48. The number of hydrogen-bond donors (Lipinski definition) is 3. The molecular weight excluding hydrogens is 306 g/mol. The van der Waals surface area contributed by atoms with E-state index in [1.165, 1.54) is 0 Å². The van der Waals surface area contributed by atoms with Crippen molar-refractivity contribution < 1.29 is 23.5 Å². The molecule has 0 spiro atoms. The first-order chi connectivity index (χ1) is 10.8. The fraction of sp³-hybridized carbons (Fsp3) is 0.500. The molecular formula is C16H22F2N2O3. The van der Waals surface area contributed by atoms with Gasteiger partial charge in [0.25, 0.3) is 5.91 Å². The van der Waals surface area contributed by atoms with Crippen LogP contribution in [0.15, 0.2) is 18.2 Å². The molecule has 1 rings (SSSR count). The minimum Gasteiger partial charge on any atom is -0.396 e. The molecule has 0 fully saturated rings. The van der Waals surface area contributed by atoms with Gasteiger partial charge in [-0.1, -0.05) is 6.92 Å². The maximum Gasteiger partial charge on any atom is 0.254 e. The van der Waals surface area contributed by atoms with Gasteiger partial charge in [0.15, 0.2) is 0 Å². The molecule has 23 heavy (non-hydrogen) atoms. The number of hydrogen-bond acceptors (Lipinski definition) is 3. The van der Waals surface area contributed by atoms with E-state index >= 15 is 0 Å². The summed E-state index contributed by atoms with van der Waals surface area (Å²) in [6.45, 7) is 3.81. The average Bonchev–Trinajstić information content (AvgIpc) is 2.50. The summed E-state index contributed by atoms with van der Waals surface area (Å²) in [5.41, 5.74) is -0.235. The standard InChI is InChI=1S/C16H22F2N2O3/c1-10(9-21)11(2)20-15(22)4-3-7-19-16(23)13-6-5-12(17)8-14(13)18/h5-6,8,10-11,21H,3-4,7,9H2,1-2H3,(H,19,23)(H,20,22). The van der Waals surface area contributed by atoms with Crippen LogP contribution in [-0.2, 0) is 4.79 Å². The van der Waals surface area contributed by atoms with E-state index in [9.17, 15) is 18.4 Å². The highest BCUT2D eigenvalue weighted by Crippen LogP contribution is 2.09. The van der Waals surface area contributed by atoms with Crippen LogP contribution in [0.3, 0.4) is 0 Å². The third-order valence-electron chi connectivity index (χ3n) is 3.57. The Labute approximate surface area is 134 Å². The summed E-state index contributed by atoms with van der Waals surface area (Å²) < 4.78 is 26.2. The maximum atomic E-state index is 13.4. The number of aliphatic hydroxyl groups is 1. The Hall–Kier alpha value is -2.02. The van der Waals surface area contributed by atoms with Gasteiger partial charge in [0.2, 0.25) is 5.91 Å². The molecule has 0 heterocycles. The topological polar surface area (TPSA) is 78.4 Å². The molecule has 0 aliphatic heterocycles. The number of aliphatic hydroxyl groups excluding tert-OH is 1. The van der Waals surface area contributed by atoms with Gasteiger partial charge < -0.3 is 15.7 Å². The van der Waals surface area contributed by atoms with Crippen LogP contribution in [0.25, 0.3) is 0 Å². The molecule has 0 aliphatic carbocycles. The van der Waals surface area contributed by atoms with Crippen LogP contribution in [0.2, 0.25) is 0 Å². The molecule has 0 bridgehead atoms. The fourth-order valence-corrected chi connectivity index (χ4v) is 1.85. The molecule has 3 N–H and O–H groups in total. The van der Waals surface area contributed by atoms with Crippen molar-refractivity contribution in [2.45, 2.75) is 32.7 Å². The number of nitrogens with one attached hydrogen (secondary N) is 2. The molecule has 128 valence electrons. The molecule has 0 saturated carbocycles. The van der Waals surface area contributed by atoms with E-state index in [0.717, 1.165) is 12.1 Å². The number of carbonyl (C=O) groups excluding carboxylic acids is 2. The van der Waals surface area contributed by atoms with Crippen molar-refractivity contribution >= 4 is 11.8 Å². The second-order valence-corrected chi connectivity index (χ2v) is 5.50. The Kier molecular flexibility index (Phi) is 7.61. The van der Waals surface area contributed by atoms with E-state index in [1.807, 2.05) is 6.92 Å². The Morgan fingerprint density at radius 2 is 1.96 bits per heavy atom. The summed E-state index contributed by atoms with van der Waals surface area (Å²) in [4.78, 5) is 23.4. The van der Waals surface area contributed by atoms with Crippen LogP contribution >= 0.6 is 0 Å². The first-order valence-corrected chi connectivity index (χ1v) is 7.48. The van der Waals surface area contributed by atoms with Crippen LogP contribution < -0.4 is 10.6 Å². The predicted molar refractivity (Wildman–Crippen MR) is 81.8 cm³/mol. The number of halogens is 2. The molecule has 1 aromatic rings. The van der Waals surface area contributed by atoms with E-state index in [2.05, 4.69) is 10.6 Å². The van der Waals surface area contributed by atoms with Crippen molar-refractivity contribution in [2.24, 2.45) is 5.92 Å². The smallest absolute Gasteiger partial charge is 0.254 e. The highest BCUT2D eigenvalue weighted by Gasteiger charge is 2.14. The normalized spacial score (nSPS) is 13.3. The zero-order valence-corrected chi connectivity index (χ0v) is 13.2. The largest absolute Gasteiger partial charge is 0.396 e. The summed E-state index contributed by atoms with van der Waals surface area (Å²) in [5, 5.41) is 14.2. The third kappa shape index (κ3) is 6.32. The van der Waals surface area contributed by atoms with Gasteiger partial charge in [-0.25, -0.2) is 8.78 Å². The second-order valence-electron chi connectivity index (χ2n) is 5.50. The molecule has 2 atom stereocenters. The molecule has 0 saturated heterocycles. The lowest BCUT2D eigenvalue weighted by Crippen LogP contribution is -2.38. The van der Waals surface area contributed by atoms with Gasteiger partial charge in [-0.2, -0.15) is 0 Å². The van der Waals surface area contributed by atoms with Crippen molar-refractivity contribution in [3.8, 4) is 0 Å². The molecule has 2 amide bonds. The lowest BCUT2D eigenvalue weighted by molar-refractivity contribution is -0.122. The van der Waals surface area contributed by atoms with Crippen LogP contribution in [0.4, 0.5) is 8.78 Å². The van der Waals surface area contributed by atoms with Crippen molar-refractivity contribution in [3.63, 3.8) is 0 Å². The molecule has 0 radical (unpaired) electrons. The molecule has 2 unspecified atom stereocenters. The summed E-state index contributed by atoms with van der Waals surface area (Å²) in [6.07, 6.45) is 0.593. The quantitative estimate of drug-likeness (QED) is 0.634. The van der Waals surface area contributed by atoms with Crippen molar-refractivity contribution in [3.05, 3.63) is 35.4 Å². The molecule has 7 heteroatoms. The predicted octanol–water partition coefficient (Wildman–Crippen LogP) is 1.61. The van der Waals surface area contributed by atoms with E-state index in [4.69, 9.17) is 5.11 Å². The summed E-state index contributed by atoms with van der Waals surface area (Å²) >= 11 is 0. The zero-order valence-electron chi connectivity index (χ0n) is 13.2.